The van der Waals surface area contributed by atoms with Crippen LogP contribution in [0.4, 0.5) is 0 Å². The molecule has 0 unspecified atom stereocenters. The zero-order chi connectivity index (χ0) is 7.28. The van der Waals surface area contributed by atoms with E-state index in [1.807, 2.05) is 13.8 Å². The van der Waals surface area contributed by atoms with Gasteiger partial charge in [0, 0.05) is 13.1 Å². The van der Waals surface area contributed by atoms with Crippen molar-refractivity contribution in [1.29, 1.82) is 0 Å². The van der Waals surface area contributed by atoms with E-state index in [1.54, 1.807) is 0 Å². The molecule has 54 valence electrons. The molecular formula is C5H12N2OS. The molecule has 0 radical (unpaired) electrons. The molecule has 0 rings (SSSR count). The van der Waals surface area contributed by atoms with Gasteiger partial charge in [0.15, 0.2) is 5.11 Å². The minimum absolute atomic E-state index is 0.389. The van der Waals surface area contributed by atoms with Crippen LogP contribution in [0.2, 0.25) is 0 Å². The van der Waals surface area contributed by atoms with Crippen molar-refractivity contribution in [3.05, 3.63) is 0 Å². The Kier molecular flexibility index (Phi) is 4.35. The summed E-state index contributed by atoms with van der Waals surface area (Å²) < 4.78 is 0. The maximum absolute atomic E-state index is 8.89. The highest BCUT2D eigenvalue weighted by atomic mass is 32.1. The average molecular weight is 148 g/mol. The van der Waals surface area contributed by atoms with E-state index in [9.17, 15) is 0 Å². The topological polar surface area (TPSA) is 35.5 Å². The van der Waals surface area contributed by atoms with Crippen LogP contribution >= 0.6 is 12.2 Å². The van der Waals surface area contributed by atoms with Crippen molar-refractivity contribution < 1.29 is 5.21 Å². The largest absolute Gasteiger partial charge is 0.361 e. The molecule has 0 aliphatic carbocycles. The maximum Gasteiger partial charge on any atom is 0.192 e. The second kappa shape index (κ2) is 4.52. The molecule has 0 aliphatic rings. The molecule has 2 N–H and O–H groups in total. The lowest BCUT2D eigenvalue weighted by Gasteiger charge is -2.14. The third-order valence-corrected chi connectivity index (χ3v) is 1.22. The average Bonchev–Trinajstić information content (AvgIpc) is 1.87. The molecule has 0 fully saturated rings. The Labute approximate surface area is 60.6 Å². The van der Waals surface area contributed by atoms with E-state index in [1.165, 1.54) is 0 Å². The number of rotatable bonds is 2. The van der Waals surface area contributed by atoms with Crippen LogP contribution in [0.25, 0.3) is 0 Å². The highest BCUT2D eigenvalue weighted by molar-refractivity contribution is 7.80. The zero-order valence-corrected chi connectivity index (χ0v) is 6.53. The van der Waals surface area contributed by atoms with Crippen LogP contribution in [0.3, 0.4) is 0 Å². The smallest absolute Gasteiger partial charge is 0.192 e. The molecule has 0 atom stereocenters. The summed E-state index contributed by atoms with van der Waals surface area (Å²) in [6.07, 6.45) is 0. The second-order valence-electron chi connectivity index (χ2n) is 1.55. The Bertz CT molecular complexity index is 97.0. The van der Waals surface area contributed by atoms with E-state index >= 15 is 0 Å². The van der Waals surface area contributed by atoms with Gasteiger partial charge in [-0.05, 0) is 26.1 Å². The predicted octanol–water partition coefficient (Wildman–Crippen LogP) is 0.592. The van der Waals surface area contributed by atoms with Gasteiger partial charge in [-0.15, -0.1) is 0 Å². The Morgan fingerprint density at radius 1 is 1.67 bits per heavy atom. The molecule has 0 saturated carbocycles. The molecule has 0 spiro atoms. The third-order valence-electron chi connectivity index (χ3n) is 0.862. The molecule has 0 amide bonds. The van der Waals surface area contributed by atoms with Crippen LogP contribution in [0.5, 0.6) is 0 Å². The lowest BCUT2D eigenvalue weighted by atomic mass is 10.7. The van der Waals surface area contributed by atoms with Crippen LogP contribution in [-0.2, 0) is 0 Å². The van der Waals surface area contributed by atoms with Gasteiger partial charge in [-0.25, -0.2) is 5.06 Å². The van der Waals surface area contributed by atoms with Crippen molar-refractivity contribution in [2.45, 2.75) is 13.8 Å². The van der Waals surface area contributed by atoms with E-state index < -0.39 is 0 Å². The molecule has 0 aromatic heterocycles. The molecule has 0 saturated heterocycles. The molecule has 0 aliphatic heterocycles. The number of nitrogens with one attached hydrogen (secondary N) is 1. The maximum atomic E-state index is 8.89. The summed E-state index contributed by atoms with van der Waals surface area (Å²) in [4.78, 5) is 0. The fourth-order valence-electron chi connectivity index (χ4n) is 0.386. The highest BCUT2D eigenvalue weighted by Crippen LogP contribution is 1.80. The molecule has 0 bridgehead atoms. The lowest BCUT2D eigenvalue weighted by molar-refractivity contribution is -0.00992. The molecule has 3 nitrogen and oxygen atoms in total. The molecule has 0 aromatic carbocycles. The number of hydroxylamine groups is 2. The number of hydrogen-bond acceptors (Lipinski definition) is 2. The van der Waals surface area contributed by atoms with Gasteiger partial charge in [0.25, 0.3) is 0 Å². The van der Waals surface area contributed by atoms with Crippen molar-refractivity contribution in [3.63, 3.8) is 0 Å². The van der Waals surface area contributed by atoms with Gasteiger partial charge < -0.3 is 5.32 Å². The van der Waals surface area contributed by atoms with Crippen LogP contribution in [0, 0.1) is 0 Å². The van der Waals surface area contributed by atoms with Crippen LogP contribution in [0.1, 0.15) is 13.8 Å². The monoisotopic (exact) mass is 148 g/mol. The zero-order valence-electron chi connectivity index (χ0n) is 5.72. The van der Waals surface area contributed by atoms with Crippen molar-refractivity contribution in [1.82, 2.24) is 10.4 Å². The van der Waals surface area contributed by atoms with E-state index in [0.717, 1.165) is 11.6 Å². The molecule has 0 aromatic rings. The highest BCUT2D eigenvalue weighted by Gasteiger charge is 1.98. The molecular weight excluding hydrogens is 136 g/mol. The molecule has 9 heavy (non-hydrogen) atoms. The fourth-order valence-corrected chi connectivity index (χ4v) is 0.660. The second-order valence-corrected chi connectivity index (χ2v) is 1.94. The van der Waals surface area contributed by atoms with Gasteiger partial charge in [-0.1, -0.05) is 0 Å². The van der Waals surface area contributed by atoms with Gasteiger partial charge >= 0.3 is 0 Å². The van der Waals surface area contributed by atoms with Gasteiger partial charge in [0.2, 0.25) is 0 Å². The van der Waals surface area contributed by atoms with Crippen LogP contribution in [-0.4, -0.2) is 28.5 Å². The van der Waals surface area contributed by atoms with Crippen molar-refractivity contribution >= 4 is 17.3 Å². The van der Waals surface area contributed by atoms with Crippen molar-refractivity contribution in [2.75, 3.05) is 13.1 Å². The first-order valence-corrected chi connectivity index (χ1v) is 3.37. The van der Waals surface area contributed by atoms with E-state index in [0.29, 0.717) is 11.7 Å². The Hall–Kier alpha value is -0.350. The summed E-state index contributed by atoms with van der Waals surface area (Å²) in [5, 5.41) is 13.1. The number of nitrogens with zero attached hydrogens (tertiary/aromatic N) is 1. The minimum atomic E-state index is 0.389. The predicted molar refractivity (Wildman–Crippen MR) is 40.4 cm³/mol. The summed E-state index contributed by atoms with van der Waals surface area (Å²) in [6, 6.07) is 0. The summed E-state index contributed by atoms with van der Waals surface area (Å²) >= 11 is 4.74. The summed E-state index contributed by atoms with van der Waals surface area (Å²) in [6.45, 7) is 5.02. The third kappa shape index (κ3) is 3.26. The van der Waals surface area contributed by atoms with E-state index in [2.05, 4.69) is 5.32 Å². The van der Waals surface area contributed by atoms with Crippen molar-refractivity contribution in [3.8, 4) is 0 Å². The minimum Gasteiger partial charge on any atom is -0.361 e. The molecule has 0 heterocycles. The first-order chi connectivity index (χ1) is 4.22. The van der Waals surface area contributed by atoms with Crippen molar-refractivity contribution in [2.24, 2.45) is 0 Å². The SMILES string of the molecule is CCNC(=S)N(O)CC. The summed E-state index contributed by atoms with van der Waals surface area (Å²) in [5.41, 5.74) is 0. The normalized spacial score (nSPS) is 8.78. The Balaban J connectivity index is 3.46. The van der Waals surface area contributed by atoms with E-state index in [4.69, 9.17) is 17.4 Å². The Morgan fingerprint density at radius 3 is 2.56 bits per heavy atom. The van der Waals surface area contributed by atoms with Gasteiger partial charge in [-0.3, -0.25) is 5.21 Å². The first kappa shape index (κ1) is 8.65. The quantitative estimate of drug-likeness (QED) is 0.444. The van der Waals surface area contributed by atoms with E-state index in [-0.39, 0.29) is 0 Å². The standard InChI is InChI=1S/C5H12N2OS/c1-3-6-5(9)7(8)4-2/h8H,3-4H2,1-2H3,(H,6,9). The lowest BCUT2D eigenvalue weighted by Crippen LogP contribution is -2.36. The van der Waals surface area contributed by atoms with Gasteiger partial charge in [-0.2, -0.15) is 0 Å². The van der Waals surface area contributed by atoms with Crippen LogP contribution < -0.4 is 5.32 Å². The molecule has 4 heteroatoms. The number of thiocarbonyl (C=S) groups is 1. The fraction of sp³-hybridized carbons (Fsp3) is 0.800. The number of hydrogen-bond donors (Lipinski definition) is 2. The summed E-state index contributed by atoms with van der Waals surface area (Å²) in [5.74, 6) is 0. The van der Waals surface area contributed by atoms with Gasteiger partial charge in [0.1, 0.15) is 0 Å². The summed E-state index contributed by atoms with van der Waals surface area (Å²) in [7, 11) is 0. The Morgan fingerprint density at radius 2 is 2.22 bits per heavy atom. The van der Waals surface area contributed by atoms with Crippen LogP contribution in [0.15, 0.2) is 0 Å². The van der Waals surface area contributed by atoms with Gasteiger partial charge in [0.05, 0.1) is 0 Å². The first-order valence-electron chi connectivity index (χ1n) is 2.96.